The third-order valence-corrected chi connectivity index (χ3v) is 4.18. The second-order valence-electron chi connectivity index (χ2n) is 5.29. The van der Waals surface area contributed by atoms with Gasteiger partial charge in [-0.15, -0.1) is 5.10 Å². The monoisotopic (exact) mass is 277 g/mol. The van der Waals surface area contributed by atoms with E-state index in [-0.39, 0.29) is 11.8 Å². The van der Waals surface area contributed by atoms with Gasteiger partial charge in [-0.05, 0) is 32.3 Å². The van der Waals surface area contributed by atoms with Crippen LogP contribution in [-0.2, 0) is 11.3 Å². The molecule has 1 saturated heterocycles. The molecule has 1 aliphatic rings. The Morgan fingerprint density at radius 1 is 1.35 bits per heavy atom. The first kappa shape index (κ1) is 14.7. The quantitative estimate of drug-likeness (QED) is 0.841. The van der Waals surface area contributed by atoms with E-state index < -0.39 is 0 Å². The van der Waals surface area contributed by atoms with Gasteiger partial charge < -0.3 is 16.0 Å². The van der Waals surface area contributed by atoms with Crippen LogP contribution in [0, 0.1) is 19.8 Å². The summed E-state index contributed by atoms with van der Waals surface area (Å²) in [6, 6.07) is 0. The van der Waals surface area contributed by atoms with Crippen molar-refractivity contribution in [3.05, 3.63) is 16.8 Å². The van der Waals surface area contributed by atoms with E-state index in [2.05, 4.69) is 20.4 Å². The molecule has 6 heteroatoms. The lowest BCUT2D eigenvalue weighted by atomic mass is 9.95. The molecule has 0 unspecified atom stereocenters. The normalized spacial score (nSPS) is 16.3. The van der Waals surface area contributed by atoms with Gasteiger partial charge >= 0.3 is 0 Å². The zero-order chi connectivity index (χ0) is 14.7. The van der Waals surface area contributed by atoms with Crippen molar-refractivity contribution in [1.82, 2.24) is 15.5 Å². The van der Waals surface area contributed by atoms with Crippen LogP contribution >= 0.6 is 0 Å². The zero-order valence-electron chi connectivity index (χ0n) is 12.4. The topological polar surface area (TPSA) is 84.1 Å². The number of nitrogens with zero attached hydrogens (tertiary/aromatic N) is 3. The highest BCUT2D eigenvalue weighted by Gasteiger charge is 2.26. The number of hydrogen-bond acceptors (Lipinski definition) is 5. The van der Waals surface area contributed by atoms with Gasteiger partial charge in [-0.25, -0.2) is 0 Å². The number of amides is 1. The summed E-state index contributed by atoms with van der Waals surface area (Å²) >= 11 is 0. The minimum atomic E-state index is 0.108. The van der Waals surface area contributed by atoms with Gasteiger partial charge in [-0.1, -0.05) is 0 Å². The summed E-state index contributed by atoms with van der Waals surface area (Å²) in [7, 11) is 1.69. The van der Waals surface area contributed by atoms with E-state index in [1.807, 2.05) is 13.8 Å². The Bertz CT molecular complexity index is 495. The number of carbonyl (C=O) groups excluding carboxylic acids is 1. The predicted molar refractivity (Wildman–Crippen MR) is 78.4 cm³/mol. The van der Waals surface area contributed by atoms with Gasteiger partial charge in [0.15, 0.2) is 5.82 Å². The summed E-state index contributed by atoms with van der Waals surface area (Å²) in [4.78, 5) is 13.8. The van der Waals surface area contributed by atoms with E-state index in [0.717, 1.165) is 48.6 Å². The van der Waals surface area contributed by atoms with Crippen molar-refractivity contribution in [1.29, 1.82) is 0 Å². The molecule has 1 aromatic rings. The molecular formula is C14H23N5O. The van der Waals surface area contributed by atoms with Gasteiger partial charge in [-0.2, -0.15) is 5.10 Å². The Hall–Kier alpha value is -1.69. The lowest BCUT2D eigenvalue weighted by molar-refractivity contribution is -0.125. The summed E-state index contributed by atoms with van der Waals surface area (Å²) in [6.45, 7) is 6.09. The highest BCUT2D eigenvalue weighted by Crippen LogP contribution is 2.26. The maximum absolute atomic E-state index is 11.7. The summed E-state index contributed by atoms with van der Waals surface area (Å²) in [5, 5.41) is 11.2. The number of anilines is 1. The van der Waals surface area contributed by atoms with Crippen LogP contribution in [0.4, 0.5) is 5.82 Å². The summed E-state index contributed by atoms with van der Waals surface area (Å²) in [5.41, 5.74) is 8.97. The van der Waals surface area contributed by atoms with Crippen molar-refractivity contribution in [3.8, 4) is 0 Å². The minimum absolute atomic E-state index is 0.108. The fourth-order valence-electron chi connectivity index (χ4n) is 2.70. The van der Waals surface area contributed by atoms with Crippen LogP contribution in [0.5, 0.6) is 0 Å². The fourth-order valence-corrected chi connectivity index (χ4v) is 2.70. The maximum atomic E-state index is 11.7. The molecule has 0 aromatic carbocycles. The molecule has 20 heavy (non-hydrogen) atoms. The molecule has 0 bridgehead atoms. The molecule has 0 aliphatic carbocycles. The number of aromatic nitrogens is 2. The molecule has 0 spiro atoms. The largest absolute Gasteiger partial charge is 0.359 e. The number of aryl methyl sites for hydroxylation is 1. The Morgan fingerprint density at radius 3 is 2.55 bits per heavy atom. The van der Waals surface area contributed by atoms with Crippen LogP contribution in [0.15, 0.2) is 0 Å². The van der Waals surface area contributed by atoms with E-state index in [1.54, 1.807) is 7.05 Å². The zero-order valence-corrected chi connectivity index (χ0v) is 12.4. The van der Waals surface area contributed by atoms with Gasteiger partial charge in [0.05, 0.1) is 5.69 Å². The van der Waals surface area contributed by atoms with Crippen molar-refractivity contribution in [3.63, 3.8) is 0 Å². The van der Waals surface area contributed by atoms with Crippen molar-refractivity contribution in [2.75, 3.05) is 25.0 Å². The molecule has 2 heterocycles. The van der Waals surface area contributed by atoms with E-state index in [4.69, 9.17) is 5.73 Å². The van der Waals surface area contributed by atoms with Crippen LogP contribution in [0.2, 0.25) is 0 Å². The molecule has 6 nitrogen and oxygen atoms in total. The SMILES string of the molecule is CNC(=O)C1CCN(c2nnc(C)c(C)c2CN)CC1. The molecule has 1 fully saturated rings. The number of piperidine rings is 1. The van der Waals surface area contributed by atoms with Gasteiger partial charge in [-0.3, -0.25) is 4.79 Å². The van der Waals surface area contributed by atoms with E-state index in [0.29, 0.717) is 6.54 Å². The van der Waals surface area contributed by atoms with Crippen molar-refractivity contribution < 1.29 is 4.79 Å². The molecule has 0 atom stereocenters. The Kier molecular flexibility index (Phi) is 4.54. The lowest BCUT2D eigenvalue weighted by Gasteiger charge is -2.33. The van der Waals surface area contributed by atoms with E-state index in [9.17, 15) is 4.79 Å². The summed E-state index contributed by atoms with van der Waals surface area (Å²) in [6.07, 6.45) is 1.69. The number of carbonyl (C=O) groups is 1. The van der Waals surface area contributed by atoms with Gasteiger partial charge in [0.25, 0.3) is 0 Å². The predicted octanol–water partition coefficient (Wildman–Crippen LogP) is 0.515. The highest BCUT2D eigenvalue weighted by atomic mass is 16.1. The molecule has 3 N–H and O–H groups in total. The Morgan fingerprint density at radius 2 is 2.00 bits per heavy atom. The standard InChI is InChI=1S/C14H23N5O/c1-9-10(2)17-18-13(12(9)8-15)19-6-4-11(5-7-19)14(20)16-3/h11H,4-8,15H2,1-3H3,(H,16,20). The second kappa shape index (κ2) is 6.17. The second-order valence-corrected chi connectivity index (χ2v) is 5.29. The minimum Gasteiger partial charge on any atom is -0.359 e. The average molecular weight is 277 g/mol. The molecule has 0 saturated carbocycles. The van der Waals surface area contributed by atoms with Crippen LogP contribution in [0.3, 0.4) is 0 Å². The number of nitrogens with two attached hydrogens (primary N) is 1. The number of hydrogen-bond donors (Lipinski definition) is 2. The average Bonchev–Trinajstić information content (AvgIpc) is 2.49. The molecule has 1 aliphatic heterocycles. The third-order valence-electron chi connectivity index (χ3n) is 4.18. The van der Waals surface area contributed by atoms with Crippen LogP contribution in [0.25, 0.3) is 0 Å². The fraction of sp³-hybridized carbons (Fsp3) is 0.643. The van der Waals surface area contributed by atoms with E-state index >= 15 is 0 Å². The molecule has 1 amide bonds. The van der Waals surface area contributed by atoms with Gasteiger partial charge in [0.2, 0.25) is 5.91 Å². The first-order chi connectivity index (χ1) is 9.58. The molecular weight excluding hydrogens is 254 g/mol. The van der Waals surface area contributed by atoms with Gasteiger partial charge in [0.1, 0.15) is 0 Å². The molecule has 2 rings (SSSR count). The van der Waals surface area contributed by atoms with Crippen LogP contribution < -0.4 is 16.0 Å². The molecule has 0 radical (unpaired) electrons. The molecule has 110 valence electrons. The van der Waals surface area contributed by atoms with Gasteiger partial charge in [0, 0.05) is 38.2 Å². The Labute approximate surface area is 119 Å². The highest BCUT2D eigenvalue weighted by molar-refractivity contribution is 5.78. The third kappa shape index (κ3) is 2.75. The van der Waals surface area contributed by atoms with E-state index in [1.165, 1.54) is 0 Å². The summed E-state index contributed by atoms with van der Waals surface area (Å²) in [5.74, 6) is 1.12. The van der Waals surface area contributed by atoms with Crippen LogP contribution in [-0.4, -0.2) is 36.2 Å². The molecule has 1 aromatic heterocycles. The first-order valence-electron chi connectivity index (χ1n) is 7.07. The van der Waals surface area contributed by atoms with Crippen molar-refractivity contribution in [2.45, 2.75) is 33.2 Å². The van der Waals surface area contributed by atoms with Crippen molar-refractivity contribution >= 4 is 11.7 Å². The number of nitrogens with one attached hydrogen (secondary N) is 1. The van der Waals surface area contributed by atoms with Crippen molar-refractivity contribution in [2.24, 2.45) is 11.7 Å². The number of rotatable bonds is 3. The Balaban J connectivity index is 2.15. The smallest absolute Gasteiger partial charge is 0.222 e. The van der Waals surface area contributed by atoms with Crippen LogP contribution in [0.1, 0.15) is 29.7 Å². The summed E-state index contributed by atoms with van der Waals surface area (Å²) < 4.78 is 0. The first-order valence-corrected chi connectivity index (χ1v) is 7.07. The maximum Gasteiger partial charge on any atom is 0.222 e. The lowest BCUT2D eigenvalue weighted by Crippen LogP contribution is -2.40.